The second-order valence-electron chi connectivity index (χ2n) is 6.15. The molecule has 2 rings (SSSR count). The van der Waals surface area contributed by atoms with E-state index in [-0.39, 0.29) is 31.3 Å². The topological polar surface area (TPSA) is 41.6 Å². The lowest BCUT2D eigenvalue weighted by Gasteiger charge is -2.38. The van der Waals surface area contributed by atoms with Crippen LogP contribution in [-0.4, -0.2) is 49.8 Å². The molecule has 0 aliphatic carbocycles. The minimum atomic E-state index is -4.21. The molecule has 1 aromatic carbocycles. The molecule has 1 aliphatic heterocycles. The van der Waals surface area contributed by atoms with Gasteiger partial charge in [-0.1, -0.05) is 18.2 Å². The first-order valence-corrected chi connectivity index (χ1v) is 7.99. The van der Waals surface area contributed by atoms with Gasteiger partial charge in [0.15, 0.2) is 0 Å². The van der Waals surface area contributed by atoms with Crippen LogP contribution in [-0.2, 0) is 11.2 Å². The smallest absolute Gasteiger partial charge is 0.404 e. The minimum Gasteiger partial charge on any atom is -0.496 e. The van der Waals surface area contributed by atoms with Crippen molar-refractivity contribution in [3.63, 3.8) is 0 Å². The Balaban J connectivity index is 1.81. The molecular weight excluding hydrogens is 321 g/mol. The molecule has 4 nitrogen and oxygen atoms in total. The van der Waals surface area contributed by atoms with E-state index in [2.05, 4.69) is 5.32 Å². The van der Waals surface area contributed by atoms with Gasteiger partial charge in [-0.3, -0.25) is 9.69 Å². The summed E-state index contributed by atoms with van der Waals surface area (Å²) in [6.45, 7) is 0.213. The van der Waals surface area contributed by atoms with Crippen LogP contribution in [0.25, 0.3) is 0 Å². The molecule has 1 N–H and O–H groups in total. The fourth-order valence-electron chi connectivity index (χ4n) is 3.13. The molecule has 0 spiro atoms. The number of para-hydroxylation sites is 1. The van der Waals surface area contributed by atoms with Gasteiger partial charge in [-0.2, -0.15) is 13.2 Å². The first kappa shape index (κ1) is 18.6. The lowest BCUT2D eigenvalue weighted by Crippen LogP contribution is -2.54. The van der Waals surface area contributed by atoms with Gasteiger partial charge in [-0.25, -0.2) is 0 Å². The molecular formula is C17H23F3N2O2. The summed E-state index contributed by atoms with van der Waals surface area (Å²) in [4.78, 5) is 13.3. The van der Waals surface area contributed by atoms with Crippen LogP contribution in [0.5, 0.6) is 5.75 Å². The number of halogens is 3. The number of rotatable bonds is 5. The molecule has 134 valence electrons. The number of aryl methyl sites for hydroxylation is 1. The minimum absolute atomic E-state index is 0.0114. The van der Waals surface area contributed by atoms with Gasteiger partial charge < -0.3 is 10.1 Å². The van der Waals surface area contributed by atoms with E-state index in [0.717, 1.165) is 11.3 Å². The molecule has 1 fully saturated rings. The number of amides is 1. The molecule has 1 heterocycles. The van der Waals surface area contributed by atoms with E-state index in [1.54, 1.807) is 7.11 Å². The number of likely N-dealkylation sites (N-methyl/N-ethyl adjacent to an activating group) is 1. The van der Waals surface area contributed by atoms with Crippen molar-refractivity contribution in [3.05, 3.63) is 29.8 Å². The number of benzene rings is 1. The maximum Gasteiger partial charge on any atom is 0.404 e. The molecule has 1 saturated heterocycles. The number of likely N-dealkylation sites (tertiary alicyclic amines) is 1. The van der Waals surface area contributed by atoms with Gasteiger partial charge in [0.1, 0.15) is 11.8 Å². The van der Waals surface area contributed by atoms with Crippen molar-refractivity contribution in [2.45, 2.75) is 43.9 Å². The number of hydrogen-bond donors (Lipinski definition) is 1. The maximum atomic E-state index is 12.8. The molecule has 0 aromatic heterocycles. The maximum absolute atomic E-state index is 12.8. The zero-order valence-corrected chi connectivity index (χ0v) is 13.9. The van der Waals surface area contributed by atoms with Gasteiger partial charge in [0, 0.05) is 19.0 Å². The summed E-state index contributed by atoms with van der Waals surface area (Å²) in [7, 11) is 3.03. The average molecular weight is 344 g/mol. The highest BCUT2D eigenvalue weighted by Gasteiger charge is 2.44. The summed E-state index contributed by atoms with van der Waals surface area (Å²) in [6, 6.07) is 5.81. The Kier molecular flexibility index (Phi) is 6.10. The van der Waals surface area contributed by atoms with Crippen LogP contribution in [0, 0.1) is 0 Å². The third-order valence-electron chi connectivity index (χ3n) is 4.39. The van der Waals surface area contributed by atoms with Crippen LogP contribution in [0.1, 0.15) is 24.8 Å². The Morgan fingerprint density at radius 2 is 2.04 bits per heavy atom. The van der Waals surface area contributed by atoms with Gasteiger partial charge in [-0.15, -0.1) is 0 Å². The summed E-state index contributed by atoms with van der Waals surface area (Å²) in [5.41, 5.74) is 0.938. The fraction of sp³-hybridized carbons (Fsp3) is 0.588. The van der Waals surface area contributed by atoms with Crippen molar-refractivity contribution >= 4 is 5.91 Å². The number of piperidine rings is 1. The highest BCUT2D eigenvalue weighted by atomic mass is 19.4. The van der Waals surface area contributed by atoms with Crippen LogP contribution in [0.4, 0.5) is 13.2 Å². The second kappa shape index (κ2) is 7.88. The van der Waals surface area contributed by atoms with E-state index in [4.69, 9.17) is 4.74 Å². The number of carbonyl (C=O) groups excluding carboxylic acids is 1. The summed E-state index contributed by atoms with van der Waals surface area (Å²) < 4.78 is 43.7. The first-order chi connectivity index (χ1) is 11.3. The number of alkyl halides is 3. The quantitative estimate of drug-likeness (QED) is 0.893. The van der Waals surface area contributed by atoms with Crippen molar-refractivity contribution in [1.82, 2.24) is 10.2 Å². The molecule has 2 atom stereocenters. The van der Waals surface area contributed by atoms with Crippen LogP contribution in [0.2, 0.25) is 0 Å². The number of ether oxygens (including phenoxy) is 1. The van der Waals surface area contributed by atoms with E-state index in [1.807, 2.05) is 24.3 Å². The Hall–Kier alpha value is -1.76. The van der Waals surface area contributed by atoms with Crippen molar-refractivity contribution in [2.24, 2.45) is 0 Å². The van der Waals surface area contributed by atoms with Crippen LogP contribution in [0.3, 0.4) is 0 Å². The summed E-state index contributed by atoms with van der Waals surface area (Å²) in [6.07, 6.45) is -3.05. The number of nitrogens with zero attached hydrogens (tertiary/aromatic N) is 1. The summed E-state index contributed by atoms with van der Waals surface area (Å²) in [5.74, 6) is 0.584. The number of hydrogen-bond acceptors (Lipinski definition) is 3. The van der Waals surface area contributed by atoms with Gasteiger partial charge in [-0.05, 0) is 37.9 Å². The third-order valence-corrected chi connectivity index (χ3v) is 4.39. The lowest BCUT2D eigenvalue weighted by molar-refractivity contribution is -0.188. The molecule has 0 bridgehead atoms. The predicted molar refractivity (Wildman–Crippen MR) is 85.0 cm³/mol. The normalized spacial score (nSPS) is 22.2. The Morgan fingerprint density at radius 3 is 2.67 bits per heavy atom. The van der Waals surface area contributed by atoms with Crippen LogP contribution < -0.4 is 10.1 Å². The third kappa shape index (κ3) is 4.87. The Bertz CT molecular complexity index is 563. The second-order valence-corrected chi connectivity index (χ2v) is 6.15. The number of carbonyl (C=O) groups is 1. The highest BCUT2D eigenvalue weighted by Crippen LogP contribution is 2.30. The zero-order valence-electron chi connectivity index (χ0n) is 13.9. The van der Waals surface area contributed by atoms with Crippen LogP contribution in [0.15, 0.2) is 24.3 Å². The number of nitrogens with one attached hydrogen (secondary N) is 1. The highest BCUT2D eigenvalue weighted by molar-refractivity contribution is 5.76. The van der Waals surface area contributed by atoms with Crippen LogP contribution >= 0.6 is 0 Å². The molecule has 0 radical (unpaired) electrons. The van der Waals surface area contributed by atoms with Crippen molar-refractivity contribution < 1.29 is 22.7 Å². The van der Waals surface area contributed by atoms with Gasteiger partial charge in [0.2, 0.25) is 5.91 Å². The Morgan fingerprint density at radius 1 is 1.33 bits per heavy atom. The van der Waals surface area contributed by atoms with Crippen molar-refractivity contribution in [3.8, 4) is 5.75 Å². The zero-order chi connectivity index (χ0) is 17.7. The Labute approximate surface area is 140 Å². The molecule has 24 heavy (non-hydrogen) atoms. The largest absolute Gasteiger partial charge is 0.496 e. The standard InChI is InChI=1S/C17H23F3N2O2/c1-22-11-13(8-9-15(22)17(18,19)20)21-16(23)10-7-12-5-3-4-6-14(12)24-2/h3-6,13,15H,7-11H2,1-2H3,(H,21,23)/t13-,15-/m0/s1. The predicted octanol–water partition coefficient (Wildman–Crippen LogP) is 2.77. The molecule has 0 saturated carbocycles. The number of methoxy groups -OCH3 is 1. The first-order valence-electron chi connectivity index (χ1n) is 7.99. The fourth-order valence-corrected chi connectivity index (χ4v) is 3.13. The summed E-state index contributed by atoms with van der Waals surface area (Å²) >= 11 is 0. The van der Waals surface area contributed by atoms with E-state index in [9.17, 15) is 18.0 Å². The van der Waals surface area contributed by atoms with E-state index in [1.165, 1.54) is 11.9 Å². The van der Waals surface area contributed by atoms with Gasteiger partial charge in [0.25, 0.3) is 0 Å². The van der Waals surface area contributed by atoms with E-state index in [0.29, 0.717) is 12.8 Å². The molecule has 1 aliphatic rings. The van der Waals surface area contributed by atoms with Gasteiger partial charge >= 0.3 is 6.18 Å². The monoisotopic (exact) mass is 344 g/mol. The molecule has 1 aromatic rings. The molecule has 7 heteroatoms. The van der Waals surface area contributed by atoms with E-state index >= 15 is 0 Å². The average Bonchev–Trinajstić information content (AvgIpc) is 2.52. The van der Waals surface area contributed by atoms with Crippen molar-refractivity contribution in [1.29, 1.82) is 0 Å². The SMILES string of the molecule is COc1ccccc1CCC(=O)N[C@H]1CC[C@@H](C(F)(F)F)N(C)C1. The lowest BCUT2D eigenvalue weighted by atomic mass is 9.98. The molecule has 1 amide bonds. The summed E-state index contributed by atoms with van der Waals surface area (Å²) in [5, 5.41) is 2.84. The molecule has 0 unspecified atom stereocenters. The van der Waals surface area contributed by atoms with E-state index < -0.39 is 12.2 Å². The van der Waals surface area contributed by atoms with Gasteiger partial charge in [0.05, 0.1) is 7.11 Å². The van der Waals surface area contributed by atoms with Crippen molar-refractivity contribution in [2.75, 3.05) is 20.7 Å².